The third-order valence-electron chi connectivity index (χ3n) is 5.48. The number of nitrogens with zero attached hydrogens (tertiary/aromatic N) is 2. The maximum Gasteiger partial charge on any atom is 0.410 e. The van der Waals surface area contributed by atoms with Crippen LogP contribution < -0.4 is 4.90 Å². The Labute approximate surface area is 148 Å². The Bertz CT molecular complexity index is 672. The molecule has 1 aromatic carbocycles. The molecule has 0 atom stereocenters. The van der Waals surface area contributed by atoms with Crippen LogP contribution in [0.15, 0.2) is 18.2 Å². The van der Waals surface area contributed by atoms with Crippen molar-refractivity contribution in [1.29, 1.82) is 0 Å². The molecule has 5 heteroatoms. The van der Waals surface area contributed by atoms with Crippen LogP contribution in [0.5, 0.6) is 0 Å². The topological polar surface area (TPSA) is 32.8 Å². The highest BCUT2D eigenvalue weighted by molar-refractivity contribution is 6.30. The molecule has 1 saturated heterocycles. The summed E-state index contributed by atoms with van der Waals surface area (Å²) in [6.07, 6.45) is 3.56. The van der Waals surface area contributed by atoms with E-state index in [1.165, 1.54) is 30.5 Å². The fraction of sp³-hybridized carbons (Fsp3) is 0.632. The number of carbonyl (C=O) groups is 1. The van der Waals surface area contributed by atoms with Crippen molar-refractivity contribution in [2.45, 2.75) is 57.1 Å². The summed E-state index contributed by atoms with van der Waals surface area (Å²) in [6, 6.07) is 6.68. The molecular formula is C19H25ClN2O2. The van der Waals surface area contributed by atoms with Crippen molar-refractivity contribution >= 4 is 23.4 Å². The molecule has 0 unspecified atom stereocenters. The molecule has 1 saturated carbocycles. The summed E-state index contributed by atoms with van der Waals surface area (Å²) >= 11 is 6.25. The first-order valence-electron chi connectivity index (χ1n) is 8.82. The van der Waals surface area contributed by atoms with Gasteiger partial charge in [0.2, 0.25) is 0 Å². The van der Waals surface area contributed by atoms with Crippen LogP contribution in [0.3, 0.4) is 0 Å². The van der Waals surface area contributed by atoms with Crippen LogP contribution in [0.25, 0.3) is 0 Å². The second kappa shape index (κ2) is 5.29. The first-order valence-corrected chi connectivity index (χ1v) is 9.20. The highest BCUT2D eigenvalue weighted by Gasteiger charge is 2.50. The number of likely N-dealkylation sites (tertiary alicyclic amines) is 1. The van der Waals surface area contributed by atoms with E-state index < -0.39 is 5.60 Å². The molecule has 1 amide bonds. The number of hydrogen-bond acceptors (Lipinski definition) is 3. The van der Waals surface area contributed by atoms with Crippen LogP contribution in [-0.2, 0) is 10.2 Å². The number of anilines is 1. The van der Waals surface area contributed by atoms with Gasteiger partial charge in [0.15, 0.2) is 0 Å². The van der Waals surface area contributed by atoms with E-state index >= 15 is 0 Å². The summed E-state index contributed by atoms with van der Waals surface area (Å²) in [7, 11) is 0. The van der Waals surface area contributed by atoms with E-state index in [2.05, 4.69) is 17.0 Å². The van der Waals surface area contributed by atoms with Gasteiger partial charge in [-0.15, -0.1) is 0 Å². The first-order chi connectivity index (χ1) is 11.3. The van der Waals surface area contributed by atoms with Crippen molar-refractivity contribution in [2.75, 3.05) is 24.5 Å². The van der Waals surface area contributed by atoms with Crippen molar-refractivity contribution in [3.05, 3.63) is 28.8 Å². The van der Waals surface area contributed by atoms with Gasteiger partial charge in [-0.1, -0.05) is 11.6 Å². The Morgan fingerprint density at radius 3 is 2.58 bits per heavy atom. The molecule has 2 heterocycles. The summed E-state index contributed by atoms with van der Waals surface area (Å²) in [5.74, 6) is 0. The van der Waals surface area contributed by atoms with E-state index in [1.54, 1.807) is 4.90 Å². The largest absolute Gasteiger partial charge is 0.444 e. The number of amides is 1. The zero-order valence-corrected chi connectivity index (χ0v) is 15.4. The first kappa shape index (κ1) is 16.1. The molecule has 130 valence electrons. The van der Waals surface area contributed by atoms with Crippen LogP contribution in [0.2, 0.25) is 5.02 Å². The SMILES string of the molecule is CC(C)(C)OC(=O)N1CC(N2CCC3(CC3)c3cc(Cl)ccc32)C1. The van der Waals surface area contributed by atoms with E-state index in [4.69, 9.17) is 16.3 Å². The Morgan fingerprint density at radius 1 is 1.25 bits per heavy atom. The Morgan fingerprint density at radius 2 is 1.96 bits per heavy atom. The fourth-order valence-electron chi connectivity index (χ4n) is 3.95. The monoisotopic (exact) mass is 348 g/mol. The van der Waals surface area contributed by atoms with Crippen molar-refractivity contribution in [3.8, 4) is 0 Å². The molecule has 0 radical (unpaired) electrons. The molecule has 1 aromatic rings. The Kier molecular flexibility index (Phi) is 3.54. The Hall–Kier alpha value is -1.42. The average molecular weight is 349 g/mol. The summed E-state index contributed by atoms with van der Waals surface area (Å²) < 4.78 is 5.46. The Balaban J connectivity index is 1.47. The number of fused-ring (bicyclic) bond motifs is 2. The van der Waals surface area contributed by atoms with Gasteiger partial charge in [-0.3, -0.25) is 0 Å². The summed E-state index contributed by atoms with van der Waals surface area (Å²) in [5.41, 5.74) is 2.68. The number of hydrogen-bond donors (Lipinski definition) is 0. The standard InChI is InChI=1S/C19H25ClN2O2/c1-18(2,3)24-17(23)21-11-14(12-21)22-9-8-19(6-7-19)15-10-13(20)4-5-16(15)22/h4-5,10,14H,6-9,11-12H2,1-3H3. The van der Waals surface area contributed by atoms with Crippen molar-refractivity contribution in [2.24, 2.45) is 0 Å². The van der Waals surface area contributed by atoms with Gasteiger partial charge in [0.25, 0.3) is 0 Å². The summed E-state index contributed by atoms with van der Waals surface area (Å²) in [6.45, 7) is 8.26. The second-order valence-electron chi connectivity index (χ2n) is 8.42. The van der Waals surface area contributed by atoms with E-state index in [1.807, 2.05) is 26.8 Å². The van der Waals surface area contributed by atoms with Gasteiger partial charge >= 0.3 is 6.09 Å². The number of halogens is 1. The highest BCUT2D eigenvalue weighted by Crippen LogP contribution is 2.57. The average Bonchev–Trinajstić information content (AvgIpc) is 3.19. The molecule has 4 nitrogen and oxygen atoms in total. The smallest absolute Gasteiger partial charge is 0.410 e. The lowest BCUT2D eigenvalue weighted by atomic mass is 9.85. The van der Waals surface area contributed by atoms with Crippen LogP contribution in [0, 0.1) is 0 Å². The minimum absolute atomic E-state index is 0.203. The zero-order chi connectivity index (χ0) is 17.1. The quantitative estimate of drug-likeness (QED) is 0.762. The van der Waals surface area contributed by atoms with Gasteiger partial charge in [-0.05, 0) is 69.2 Å². The zero-order valence-electron chi connectivity index (χ0n) is 14.6. The van der Waals surface area contributed by atoms with Crippen molar-refractivity contribution < 1.29 is 9.53 Å². The second-order valence-corrected chi connectivity index (χ2v) is 8.86. The number of carbonyl (C=O) groups excluding carboxylic acids is 1. The third kappa shape index (κ3) is 2.75. The molecule has 2 aliphatic heterocycles. The molecule has 2 fully saturated rings. The van der Waals surface area contributed by atoms with Crippen molar-refractivity contribution in [3.63, 3.8) is 0 Å². The van der Waals surface area contributed by atoms with Gasteiger partial charge < -0.3 is 14.5 Å². The highest BCUT2D eigenvalue weighted by atomic mass is 35.5. The fourth-order valence-corrected chi connectivity index (χ4v) is 4.12. The van der Waals surface area contributed by atoms with Gasteiger partial charge in [-0.25, -0.2) is 4.79 Å². The summed E-state index contributed by atoms with van der Waals surface area (Å²) in [5, 5.41) is 0.825. The van der Waals surface area contributed by atoms with E-state index in [0.717, 1.165) is 24.7 Å². The summed E-state index contributed by atoms with van der Waals surface area (Å²) in [4.78, 5) is 16.4. The van der Waals surface area contributed by atoms with Crippen LogP contribution in [0.4, 0.5) is 10.5 Å². The maximum atomic E-state index is 12.1. The molecule has 1 spiro atoms. The van der Waals surface area contributed by atoms with Gasteiger partial charge in [0.1, 0.15) is 5.60 Å². The molecule has 0 bridgehead atoms. The van der Waals surface area contributed by atoms with Gasteiger partial charge in [0.05, 0.1) is 6.04 Å². The number of ether oxygens (including phenoxy) is 1. The van der Waals surface area contributed by atoms with Crippen molar-refractivity contribution in [1.82, 2.24) is 4.90 Å². The molecular weight excluding hydrogens is 324 g/mol. The van der Waals surface area contributed by atoms with Crippen LogP contribution in [0.1, 0.15) is 45.6 Å². The number of benzene rings is 1. The van der Waals surface area contributed by atoms with E-state index in [-0.39, 0.29) is 6.09 Å². The number of rotatable bonds is 1. The lowest BCUT2D eigenvalue weighted by Crippen LogP contribution is -2.63. The molecule has 4 rings (SSSR count). The molecule has 3 aliphatic rings. The van der Waals surface area contributed by atoms with E-state index in [0.29, 0.717) is 11.5 Å². The molecule has 0 N–H and O–H groups in total. The lowest BCUT2D eigenvalue weighted by molar-refractivity contribution is 0.00793. The third-order valence-corrected chi connectivity index (χ3v) is 5.71. The minimum Gasteiger partial charge on any atom is -0.444 e. The van der Waals surface area contributed by atoms with Crippen LogP contribution >= 0.6 is 11.6 Å². The van der Waals surface area contributed by atoms with Gasteiger partial charge in [0, 0.05) is 30.3 Å². The van der Waals surface area contributed by atoms with Crippen LogP contribution in [-0.4, -0.2) is 42.3 Å². The molecule has 0 aromatic heterocycles. The van der Waals surface area contributed by atoms with E-state index in [9.17, 15) is 4.79 Å². The predicted molar refractivity (Wildman–Crippen MR) is 95.9 cm³/mol. The van der Waals surface area contributed by atoms with Gasteiger partial charge in [-0.2, -0.15) is 0 Å². The molecule has 24 heavy (non-hydrogen) atoms. The predicted octanol–water partition coefficient (Wildman–Crippen LogP) is 4.20. The minimum atomic E-state index is -0.436. The molecule has 1 aliphatic carbocycles. The maximum absolute atomic E-state index is 12.1. The lowest BCUT2D eigenvalue weighted by Gasteiger charge is -2.49. The normalized spacial score (nSPS) is 22.2.